The van der Waals surface area contributed by atoms with Gasteiger partial charge in [-0.3, -0.25) is 24.2 Å². The summed E-state index contributed by atoms with van der Waals surface area (Å²) >= 11 is 0. The van der Waals surface area contributed by atoms with Crippen LogP contribution in [-0.2, 0) is 18.0 Å². The summed E-state index contributed by atoms with van der Waals surface area (Å²) < 4.78 is 22.4. The second-order valence-electron chi connectivity index (χ2n) is 14.4. The highest BCUT2D eigenvalue weighted by atomic mass is 16.5. The zero-order chi connectivity index (χ0) is 38.4. The molecule has 0 saturated heterocycles. The van der Waals surface area contributed by atoms with Crippen molar-refractivity contribution in [2.45, 2.75) is 62.9 Å². The van der Waals surface area contributed by atoms with Crippen molar-refractivity contribution in [2.75, 3.05) is 28.2 Å². The topological polar surface area (TPSA) is 189 Å². The minimum absolute atomic E-state index is 0. The standard InChI is InChI=1S/C20H22N2O5.C20H20N2O5.CH4/c2*1-22(2)16-13-9-6-10-14(23)20(13,25)18(24)15-17(16)27-21-19(15)26-11-12-7-4-3-5-8-12;/h3-8,10,13-14,16,23,25H,9,11H2,1-2H3;3-8,10,13,16,25H,9,11H2,1-2H3;1H4/t13-,14+,16-,20-;13-,16-,20-;/m00./s1. The average molecular weight is 755 g/mol. The van der Waals surface area contributed by atoms with E-state index in [0.717, 1.165) is 11.1 Å². The third kappa shape index (κ3) is 6.63. The van der Waals surface area contributed by atoms with Crippen molar-refractivity contribution in [2.24, 2.45) is 11.8 Å². The molecule has 0 radical (unpaired) electrons. The lowest BCUT2D eigenvalue weighted by Gasteiger charge is -2.47. The maximum atomic E-state index is 13.2. The van der Waals surface area contributed by atoms with Gasteiger partial charge in [0.2, 0.25) is 11.6 Å². The summed E-state index contributed by atoms with van der Waals surface area (Å²) in [5, 5.41) is 40.6. The number of allylic oxidation sites excluding steroid dienone is 2. The lowest BCUT2D eigenvalue weighted by atomic mass is 9.64. The van der Waals surface area contributed by atoms with Crippen molar-refractivity contribution < 1.29 is 48.2 Å². The van der Waals surface area contributed by atoms with Crippen LogP contribution in [0.1, 0.15) is 75.7 Å². The van der Waals surface area contributed by atoms with Crippen molar-refractivity contribution >= 4 is 17.3 Å². The molecule has 0 unspecified atom stereocenters. The summed E-state index contributed by atoms with van der Waals surface area (Å²) in [5.41, 5.74) is -2.10. The third-order valence-corrected chi connectivity index (χ3v) is 10.7. The number of hydrogen-bond donors (Lipinski definition) is 3. The van der Waals surface area contributed by atoms with Crippen molar-refractivity contribution in [1.29, 1.82) is 0 Å². The molecule has 2 aromatic carbocycles. The van der Waals surface area contributed by atoms with Crippen LogP contribution in [-0.4, -0.2) is 98.3 Å². The smallest absolute Gasteiger partial charge is 0.265 e. The Morgan fingerprint density at radius 3 is 1.71 bits per heavy atom. The summed E-state index contributed by atoms with van der Waals surface area (Å²) in [5.74, 6) is -2.38. The maximum Gasteiger partial charge on any atom is 0.265 e. The van der Waals surface area contributed by atoms with Crippen LogP contribution in [0.25, 0.3) is 0 Å². The molecule has 0 amide bonds. The number of aliphatic hydroxyl groups excluding tert-OH is 1. The van der Waals surface area contributed by atoms with Crippen molar-refractivity contribution in [3.63, 3.8) is 0 Å². The first kappa shape index (κ1) is 39.4. The SMILES string of the molecule is C.CN(C)[C@@H]1c2onc(OCc3ccccc3)c2C(=O)[C@@]2(O)C(=O)C=CC[C@@H]12.CN(C)[C@@H]1c2onc(OCc3ccccc3)c2C(=O)[C@@]2(O)[C@H](O)C=CC[C@@H]12. The van der Waals surface area contributed by atoms with E-state index in [4.69, 9.17) is 18.5 Å². The second-order valence-corrected chi connectivity index (χ2v) is 14.4. The number of nitrogens with zero attached hydrogens (tertiary/aromatic N) is 4. The van der Waals surface area contributed by atoms with E-state index in [2.05, 4.69) is 10.3 Å². The van der Waals surface area contributed by atoms with Gasteiger partial charge in [0.15, 0.2) is 28.5 Å². The fourth-order valence-corrected chi connectivity index (χ4v) is 8.00. The van der Waals surface area contributed by atoms with E-state index < -0.39 is 58.6 Å². The van der Waals surface area contributed by atoms with E-state index in [1.807, 2.05) is 84.6 Å². The molecule has 2 heterocycles. The van der Waals surface area contributed by atoms with E-state index in [9.17, 15) is 29.7 Å². The van der Waals surface area contributed by atoms with E-state index in [0.29, 0.717) is 24.4 Å². The number of rotatable bonds is 8. The molecular weight excluding hydrogens is 708 g/mol. The number of hydrogen-bond acceptors (Lipinski definition) is 14. The monoisotopic (exact) mass is 754 g/mol. The van der Waals surface area contributed by atoms with Gasteiger partial charge in [-0.25, -0.2) is 0 Å². The van der Waals surface area contributed by atoms with E-state index in [1.54, 1.807) is 26.2 Å². The Hall–Kier alpha value is -5.25. The molecule has 0 aliphatic heterocycles. The summed E-state index contributed by atoms with van der Waals surface area (Å²) in [6, 6.07) is 18.0. The van der Waals surface area contributed by atoms with Crippen LogP contribution >= 0.6 is 0 Å². The predicted molar refractivity (Wildman–Crippen MR) is 198 cm³/mol. The molecule has 0 spiro atoms. The lowest BCUT2D eigenvalue weighted by Crippen LogP contribution is -2.61. The second kappa shape index (κ2) is 15.5. The van der Waals surface area contributed by atoms with E-state index in [1.165, 1.54) is 12.2 Å². The van der Waals surface area contributed by atoms with Crippen LogP contribution in [0.15, 0.2) is 94.0 Å². The van der Waals surface area contributed by atoms with E-state index >= 15 is 0 Å². The fourth-order valence-electron chi connectivity index (χ4n) is 8.00. The molecule has 0 bridgehead atoms. The summed E-state index contributed by atoms with van der Waals surface area (Å²) in [6.45, 7) is 0.402. The van der Waals surface area contributed by atoms with Crippen LogP contribution in [0, 0.1) is 11.8 Å². The number of ketones is 3. The Balaban J connectivity index is 0.000000184. The first-order valence-corrected chi connectivity index (χ1v) is 17.6. The molecule has 3 N–H and O–H groups in total. The minimum atomic E-state index is -2.13. The Morgan fingerprint density at radius 1 is 0.727 bits per heavy atom. The molecule has 290 valence electrons. The predicted octanol–water partition coefficient (Wildman–Crippen LogP) is 4.29. The Kier molecular flexibility index (Phi) is 11.1. The fraction of sp³-hybridized carbons (Fsp3) is 0.390. The highest BCUT2D eigenvalue weighted by Crippen LogP contribution is 2.51. The van der Waals surface area contributed by atoms with Gasteiger partial charge in [0.25, 0.3) is 11.8 Å². The largest absolute Gasteiger partial charge is 0.470 e. The van der Waals surface area contributed by atoms with Crippen molar-refractivity contribution in [3.8, 4) is 11.8 Å². The molecule has 7 atom stereocenters. The van der Waals surface area contributed by atoms with Gasteiger partial charge in [-0.1, -0.05) is 86.3 Å². The minimum Gasteiger partial charge on any atom is -0.470 e. The number of benzene rings is 2. The van der Waals surface area contributed by atoms with Gasteiger partial charge in [0.1, 0.15) is 30.4 Å². The molecule has 8 rings (SSSR count). The zero-order valence-electron chi connectivity index (χ0n) is 30.3. The quantitative estimate of drug-likeness (QED) is 0.171. The maximum absolute atomic E-state index is 13.2. The number of aliphatic hydroxyl groups is 3. The molecule has 0 saturated carbocycles. The Labute approximate surface area is 318 Å². The summed E-state index contributed by atoms with van der Waals surface area (Å²) in [4.78, 5) is 42.5. The highest BCUT2D eigenvalue weighted by Gasteiger charge is 2.62. The van der Waals surface area contributed by atoms with E-state index in [-0.39, 0.29) is 43.5 Å². The number of carbonyl (C=O) groups is 3. The number of aromatic nitrogens is 2. The third-order valence-electron chi connectivity index (χ3n) is 10.7. The molecule has 4 aromatic rings. The zero-order valence-corrected chi connectivity index (χ0v) is 30.3. The van der Waals surface area contributed by atoms with Gasteiger partial charge in [-0.2, -0.15) is 0 Å². The molecule has 55 heavy (non-hydrogen) atoms. The van der Waals surface area contributed by atoms with Crippen LogP contribution in [0.4, 0.5) is 0 Å². The molecule has 4 aliphatic rings. The molecule has 2 aromatic heterocycles. The van der Waals surface area contributed by atoms with Crippen LogP contribution in [0.3, 0.4) is 0 Å². The highest BCUT2D eigenvalue weighted by molar-refractivity contribution is 6.23. The van der Waals surface area contributed by atoms with Crippen LogP contribution < -0.4 is 9.47 Å². The number of carbonyl (C=O) groups excluding carboxylic acids is 3. The van der Waals surface area contributed by atoms with Gasteiger partial charge in [0.05, 0.1) is 12.1 Å². The summed E-state index contributed by atoms with van der Waals surface area (Å²) in [7, 11) is 7.28. The molecular formula is C41H46N4O10. The Morgan fingerprint density at radius 2 is 1.20 bits per heavy atom. The van der Waals surface area contributed by atoms with Gasteiger partial charge >= 0.3 is 0 Å². The number of fused-ring (bicyclic) bond motifs is 4. The van der Waals surface area contributed by atoms with Gasteiger partial charge in [0, 0.05) is 11.8 Å². The molecule has 4 aliphatic carbocycles. The molecule has 0 fully saturated rings. The normalized spacial score (nSPS) is 27.7. The number of ether oxygens (including phenoxy) is 2. The van der Waals surface area contributed by atoms with Gasteiger partial charge in [-0.05, 0) is 68.5 Å². The van der Waals surface area contributed by atoms with Crippen LogP contribution in [0.2, 0.25) is 0 Å². The van der Waals surface area contributed by atoms with Gasteiger partial charge in [-0.15, -0.1) is 0 Å². The molecule has 14 heteroatoms. The molecule has 14 nitrogen and oxygen atoms in total. The van der Waals surface area contributed by atoms with Crippen molar-refractivity contribution in [1.82, 2.24) is 20.1 Å². The average Bonchev–Trinajstić information content (AvgIpc) is 3.78. The summed E-state index contributed by atoms with van der Waals surface area (Å²) in [6.07, 6.45) is 5.73. The van der Waals surface area contributed by atoms with Crippen LogP contribution in [0.5, 0.6) is 11.8 Å². The van der Waals surface area contributed by atoms with Crippen molar-refractivity contribution in [3.05, 3.63) is 119 Å². The first-order valence-electron chi connectivity index (χ1n) is 17.6. The first-order chi connectivity index (χ1) is 25.9. The number of Topliss-reactive ketones (excluding diaryl/α,β-unsaturated/α-hetero) is 2. The Bertz CT molecular complexity index is 2090. The lowest BCUT2D eigenvalue weighted by molar-refractivity contribution is -0.137. The van der Waals surface area contributed by atoms with Gasteiger partial charge < -0.3 is 33.8 Å².